The van der Waals surface area contributed by atoms with Crippen molar-refractivity contribution in [3.8, 4) is 0 Å². The Balaban J connectivity index is 1.54. The van der Waals surface area contributed by atoms with E-state index in [9.17, 15) is 0 Å². The molecule has 3 aliphatic carbocycles. The summed E-state index contributed by atoms with van der Waals surface area (Å²) in [5, 5.41) is 0. The van der Waals surface area contributed by atoms with Gasteiger partial charge in [-0.25, -0.2) is 0 Å². The second-order valence-electron chi connectivity index (χ2n) is 4.16. The van der Waals surface area contributed by atoms with Gasteiger partial charge in [-0.15, -0.1) is 11.6 Å². The molecule has 0 spiro atoms. The zero-order valence-electron chi connectivity index (χ0n) is 6.50. The lowest BCUT2D eigenvalue weighted by Crippen LogP contribution is -2.04. The summed E-state index contributed by atoms with van der Waals surface area (Å²) in [6, 6.07) is 0. The predicted octanol–water partition coefficient (Wildman–Crippen LogP) is 1.90. The van der Waals surface area contributed by atoms with E-state index in [1.165, 1.54) is 12.8 Å². The number of halogens is 1. The minimum Gasteiger partial charge on any atom is -0.376 e. The average Bonchev–Trinajstić information content (AvgIpc) is 2.88. The molecule has 0 radical (unpaired) electrons. The van der Waals surface area contributed by atoms with Crippen molar-refractivity contribution in [2.45, 2.75) is 18.9 Å². The monoisotopic (exact) mass is 172 g/mol. The molecule has 0 bridgehead atoms. The van der Waals surface area contributed by atoms with Crippen LogP contribution in [0.1, 0.15) is 12.8 Å². The van der Waals surface area contributed by atoms with Crippen molar-refractivity contribution in [2.24, 2.45) is 23.7 Å². The van der Waals surface area contributed by atoms with Gasteiger partial charge in [-0.1, -0.05) is 0 Å². The fourth-order valence-corrected chi connectivity index (χ4v) is 3.09. The first-order valence-electron chi connectivity index (χ1n) is 4.59. The molecular weight excluding hydrogens is 160 g/mol. The zero-order valence-corrected chi connectivity index (χ0v) is 7.26. The molecule has 0 aromatic rings. The largest absolute Gasteiger partial charge is 0.376 e. The molecule has 0 aromatic carbocycles. The topological polar surface area (TPSA) is 9.23 Å². The summed E-state index contributed by atoms with van der Waals surface area (Å²) in [4.78, 5) is 0. The summed E-state index contributed by atoms with van der Waals surface area (Å²) in [6.45, 7) is 0.761. The van der Waals surface area contributed by atoms with E-state index in [-0.39, 0.29) is 0 Å². The van der Waals surface area contributed by atoms with Gasteiger partial charge in [-0.2, -0.15) is 0 Å². The fourth-order valence-electron chi connectivity index (χ4n) is 3.00. The Morgan fingerprint density at radius 1 is 1.27 bits per heavy atom. The van der Waals surface area contributed by atoms with Gasteiger partial charge in [0.25, 0.3) is 0 Å². The molecule has 0 saturated heterocycles. The first kappa shape index (κ1) is 6.73. The SMILES string of the molecule is ClCCOC1C2CC3CC3C21. The third-order valence-electron chi connectivity index (χ3n) is 3.59. The van der Waals surface area contributed by atoms with E-state index in [1.54, 1.807) is 0 Å². The standard InChI is InChI=1S/C9H13ClO/c10-1-2-11-9-7-4-5-3-6(5)8(7)9/h5-9H,1-4H2. The van der Waals surface area contributed by atoms with Crippen molar-refractivity contribution in [1.29, 1.82) is 0 Å². The Morgan fingerprint density at radius 3 is 2.73 bits per heavy atom. The molecule has 0 heterocycles. The zero-order chi connectivity index (χ0) is 7.42. The quantitative estimate of drug-likeness (QED) is 0.591. The Bertz CT molecular complexity index is 182. The Morgan fingerprint density at radius 2 is 2.09 bits per heavy atom. The van der Waals surface area contributed by atoms with Crippen LogP contribution < -0.4 is 0 Å². The Hall–Kier alpha value is 0.250. The third-order valence-corrected chi connectivity index (χ3v) is 3.74. The molecule has 3 saturated carbocycles. The minimum atomic E-state index is 0.623. The maximum absolute atomic E-state index is 5.63. The molecule has 0 aromatic heterocycles. The van der Waals surface area contributed by atoms with Crippen LogP contribution in [0.5, 0.6) is 0 Å². The number of hydrogen-bond acceptors (Lipinski definition) is 1. The van der Waals surface area contributed by atoms with Crippen LogP contribution in [-0.2, 0) is 4.74 Å². The summed E-state index contributed by atoms with van der Waals surface area (Å²) in [7, 11) is 0. The van der Waals surface area contributed by atoms with E-state index in [4.69, 9.17) is 16.3 Å². The highest BCUT2D eigenvalue weighted by molar-refractivity contribution is 6.17. The smallest absolute Gasteiger partial charge is 0.0642 e. The van der Waals surface area contributed by atoms with E-state index in [0.717, 1.165) is 30.3 Å². The van der Waals surface area contributed by atoms with Crippen LogP contribution in [0.4, 0.5) is 0 Å². The van der Waals surface area contributed by atoms with Crippen molar-refractivity contribution in [2.75, 3.05) is 12.5 Å². The number of hydrogen-bond donors (Lipinski definition) is 0. The minimum absolute atomic E-state index is 0.623. The molecule has 11 heavy (non-hydrogen) atoms. The van der Waals surface area contributed by atoms with Gasteiger partial charge < -0.3 is 4.74 Å². The fraction of sp³-hybridized carbons (Fsp3) is 1.00. The number of rotatable bonds is 3. The van der Waals surface area contributed by atoms with Crippen molar-refractivity contribution >= 4 is 11.6 Å². The molecule has 0 amide bonds. The lowest BCUT2D eigenvalue weighted by Gasteiger charge is -2.02. The van der Waals surface area contributed by atoms with Gasteiger partial charge in [0.2, 0.25) is 0 Å². The van der Waals surface area contributed by atoms with Crippen LogP contribution >= 0.6 is 11.6 Å². The van der Waals surface area contributed by atoms with Crippen LogP contribution in [0, 0.1) is 23.7 Å². The number of fused-ring (bicyclic) bond motifs is 3. The van der Waals surface area contributed by atoms with E-state index in [1.807, 2.05) is 0 Å². The summed E-state index contributed by atoms with van der Waals surface area (Å²) in [5.41, 5.74) is 0. The highest BCUT2D eigenvalue weighted by atomic mass is 35.5. The first-order chi connectivity index (χ1) is 5.42. The summed E-state index contributed by atoms with van der Waals surface area (Å²) >= 11 is 5.55. The molecule has 3 fully saturated rings. The lowest BCUT2D eigenvalue weighted by molar-refractivity contribution is 0.106. The summed E-state index contributed by atoms with van der Waals surface area (Å²) in [6.07, 6.45) is 3.59. The molecule has 62 valence electrons. The average molecular weight is 173 g/mol. The maximum atomic E-state index is 5.63. The van der Waals surface area contributed by atoms with E-state index in [2.05, 4.69) is 0 Å². The molecule has 2 heteroatoms. The van der Waals surface area contributed by atoms with Crippen molar-refractivity contribution in [3.05, 3.63) is 0 Å². The molecule has 5 unspecified atom stereocenters. The molecule has 1 nitrogen and oxygen atoms in total. The third kappa shape index (κ3) is 0.874. The maximum Gasteiger partial charge on any atom is 0.0642 e. The number of ether oxygens (including phenoxy) is 1. The van der Waals surface area contributed by atoms with Crippen LogP contribution in [0.2, 0.25) is 0 Å². The van der Waals surface area contributed by atoms with Gasteiger partial charge in [-0.05, 0) is 36.5 Å². The van der Waals surface area contributed by atoms with Gasteiger partial charge in [0.1, 0.15) is 0 Å². The molecule has 5 atom stereocenters. The molecule has 0 aliphatic heterocycles. The van der Waals surface area contributed by atoms with Gasteiger partial charge >= 0.3 is 0 Å². The van der Waals surface area contributed by atoms with Gasteiger partial charge in [0.15, 0.2) is 0 Å². The van der Waals surface area contributed by atoms with E-state index < -0.39 is 0 Å². The van der Waals surface area contributed by atoms with Crippen molar-refractivity contribution < 1.29 is 4.74 Å². The predicted molar refractivity (Wildman–Crippen MR) is 43.7 cm³/mol. The van der Waals surface area contributed by atoms with Crippen LogP contribution in [0.3, 0.4) is 0 Å². The summed E-state index contributed by atoms with van der Waals surface area (Å²) in [5.74, 6) is 4.75. The van der Waals surface area contributed by atoms with Gasteiger partial charge in [-0.3, -0.25) is 0 Å². The Labute approximate surface area is 72.1 Å². The van der Waals surface area contributed by atoms with E-state index >= 15 is 0 Å². The molecule has 3 aliphatic rings. The van der Waals surface area contributed by atoms with Crippen LogP contribution in [0.25, 0.3) is 0 Å². The molecule has 3 rings (SSSR count). The molecule has 0 N–H and O–H groups in total. The van der Waals surface area contributed by atoms with Gasteiger partial charge in [0, 0.05) is 5.88 Å². The van der Waals surface area contributed by atoms with Crippen molar-refractivity contribution in [3.63, 3.8) is 0 Å². The second-order valence-corrected chi connectivity index (χ2v) is 4.54. The highest BCUT2D eigenvalue weighted by Crippen LogP contribution is 2.70. The Kier molecular flexibility index (Phi) is 1.31. The lowest BCUT2D eigenvalue weighted by atomic mass is 10.2. The van der Waals surface area contributed by atoms with Crippen LogP contribution in [-0.4, -0.2) is 18.6 Å². The second kappa shape index (κ2) is 2.14. The van der Waals surface area contributed by atoms with Crippen molar-refractivity contribution in [1.82, 2.24) is 0 Å². The van der Waals surface area contributed by atoms with E-state index in [0.29, 0.717) is 12.0 Å². The highest BCUT2D eigenvalue weighted by Gasteiger charge is 2.68. The number of alkyl halides is 1. The first-order valence-corrected chi connectivity index (χ1v) is 5.13. The summed E-state index contributed by atoms with van der Waals surface area (Å²) < 4.78 is 5.63. The normalized spacial score (nSPS) is 57.0. The van der Waals surface area contributed by atoms with Crippen LogP contribution in [0.15, 0.2) is 0 Å². The van der Waals surface area contributed by atoms with Gasteiger partial charge in [0.05, 0.1) is 12.7 Å². The molecular formula is C9H13ClO.